The fourth-order valence-corrected chi connectivity index (χ4v) is 2.90. The Morgan fingerprint density at radius 2 is 1.68 bits per heavy atom. The second-order valence-corrected chi connectivity index (χ2v) is 5.70. The van der Waals surface area contributed by atoms with Crippen LogP contribution in [0, 0.1) is 33.6 Å². The molecule has 1 N–H and O–H groups in total. The van der Waals surface area contributed by atoms with Gasteiger partial charge in [0.15, 0.2) is 0 Å². The molecule has 1 aliphatic carbocycles. The summed E-state index contributed by atoms with van der Waals surface area (Å²) in [6, 6.07) is 2.19. The molecule has 2 rings (SSSR count). The van der Waals surface area contributed by atoms with Gasteiger partial charge in [-0.05, 0) is 79.8 Å². The van der Waals surface area contributed by atoms with Gasteiger partial charge in [0, 0.05) is 6.08 Å². The molecule has 0 unspecified atom stereocenters. The molecule has 0 heterocycles. The Kier molecular flexibility index (Phi) is 3.79. The van der Waals surface area contributed by atoms with E-state index in [9.17, 15) is 4.79 Å². The molecule has 1 aromatic carbocycles. The van der Waals surface area contributed by atoms with Gasteiger partial charge in [0.05, 0.1) is 0 Å². The summed E-state index contributed by atoms with van der Waals surface area (Å²) >= 11 is 0. The lowest BCUT2D eigenvalue weighted by Gasteiger charge is -2.31. The second-order valence-electron chi connectivity index (χ2n) is 5.70. The molecule has 0 spiro atoms. The van der Waals surface area contributed by atoms with Gasteiger partial charge in [-0.15, -0.1) is 0 Å². The zero-order chi connectivity index (χ0) is 14.2. The van der Waals surface area contributed by atoms with Crippen molar-refractivity contribution in [2.24, 2.45) is 5.92 Å². The van der Waals surface area contributed by atoms with Gasteiger partial charge in [-0.3, -0.25) is 0 Å². The lowest BCUT2D eigenvalue weighted by Crippen LogP contribution is -2.16. The minimum Gasteiger partial charge on any atom is -0.478 e. The Labute approximate surface area is 115 Å². The first-order chi connectivity index (χ1) is 8.91. The quantitative estimate of drug-likeness (QED) is 0.825. The van der Waals surface area contributed by atoms with E-state index in [-0.39, 0.29) is 0 Å². The van der Waals surface area contributed by atoms with Crippen molar-refractivity contribution in [3.05, 3.63) is 40.0 Å². The van der Waals surface area contributed by atoms with Gasteiger partial charge in [0.2, 0.25) is 0 Å². The maximum absolute atomic E-state index is 11.1. The van der Waals surface area contributed by atoms with Crippen molar-refractivity contribution in [1.82, 2.24) is 0 Å². The molecule has 0 saturated heterocycles. The number of carboxylic acids is 1. The Bertz CT molecular complexity index is 523. The summed E-state index contributed by atoms with van der Waals surface area (Å²) in [6.45, 7) is 8.41. The van der Waals surface area contributed by atoms with Crippen LogP contribution in [0.1, 0.15) is 47.1 Å². The van der Waals surface area contributed by atoms with Crippen LogP contribution >= 0.6 is 0 Å². The molecule has 2 heteroatoms. The van der Waals surface area contributed by atoms with E-state index >= 15 is 0 Å². The predicted octanol–water partition coefficient (Wildman–Crippen LogP) is 4.19. The maximum Gasteiger partial charge on any atom is 0.328 e. The monoisotopic (exact) mass is 258 g/mol. The summed E-state index contributed by atoms with van der Waals surface area (Å²) < 4.78 is 0. The summed E-state index contributed by atoms with van der Waals surface area (Å²) in [5.41, 5.74) is 7.14. The summed E-state index contributed by atoms with van der Waals surface area (Å²) in [6.07, 6.45) is 4.87. The Hall–Kier alpha value is -1.57. The van der Waals surface area contributed by atoms with Gasteiger partial charge in [0.25, 0.3) is 0 Å². The van der Waals surface area contributed by atoms with Gasteiger partial charge in [-0.25, -0.2) is 4.79 Å². The number of carbonyl (C=O) groups is 1. The fraction of sp³-hybridized carbons (Fsp3) is 0.471. The molecule has 1 saturated carbocycles. The number of aryl methyl sites for hydroxylation is 2. The van der Waals surface area contributed by atoms with Gasteiger partial charge in [-0.1, -0.05) is 12.5 Å². The highest BCUT2D eigenvalue weighted by atomic mass is 16.4. The number of rotatable bonds is 3. The first-order valence-electron chi connectivity index (χ1n) is 6.94. The van der Waals surface area contributed by atoms with E-state index in [0.717, 1.165) is 18.4 Å². The van der Waals surface area contributed by atoms with Crippen LogP contribution in [0.4, 0.5) is 0 Å². The van der Waals surface area contributed by atoms with Gasteiger partial charge >= 0.3 is 5.97 Å². The molecule has 1 aliphatic rings. The summed E-state index contributed by atoms with van der Waals surface area (Å²) in [5, 5.41) is 9.16. The average molecular weight is 258 g/mol. The van der Waals surface area contributed by atoms with Crippen molar-refractivity contribution < 1.29 is 9.90 Å². The first-order valence-corrected chi connectivity index (χ1v) is 6.94. The highest BCUT2D eigenvalue weighted by Gasteiger charge is 2.26. The number of benzene rings is 1. The highest BCUT2D eigenvalue weighted by Crippen LogP contribution is 2.41. The zero-order valence-electron chi connectivity index (χ0n) is 12.2. The zero-order valence-corrected chi connectivity index (χ0v) is 12.2. The topological polar surface area (TPSA) is 37.3 Å². The third kappa shape index (κ3) is 2.58. The smallest absolute Gasteiger partial charge is 0.328 e. The number of hydrogen-bond acceptors (Lipinski definition) is 1. The number of allylic oxidation sites excluding steroid dienone is 1. The largest absolute Gasteiger partial charge is 0.478 e. The minimum atomic E-state index is -0.833. The van der Waals surface area contributed by atoms with Crippen molar-refractivity contribution >= 4 is 11.5 Å². The van der Waals surface area contributed by atoms with Crippen molar-refractivity contribution in [1.29, 1.82) is 0 Å². The normalized spacial score (nSPS) is 16.3. The van der Waals surface area contributed by atoms with Crippen LogP contribution in [0.3, 0.4) is 0 Å². The second kappa shape index (κ2) is 5.20. The molecule has 0 amide bonds. The van der Waals surface area contributed by atoms with Crippen LogP contribution in [0.25, 0.3) is 5.57 Å². The Balaban J connectivity index is 2.62. The summed E-state index contributed by atoms with van der Waals surface area (Å²) in [5.74, 6) is -0.408. The van der Waals surface area contributed by atoms with Crippen LogP contribution in [-0.4, -0.2) is 11.1 Å². The van der Waals surface area contributed by atoms with Crippen molar-refractivity contribution in [3.8, 4) is 0 Å². The van der Waals surface area contributed by atoms with Crippen LogP contribution in [-0.2, 0) is 4.79 Å². The van der Waals surface area contributed by atoms with E-state index in [2.05, 4.69) is 33.8 Å². The highest BCUT2D eigenvalue weighted by molar-refractivity contribution is 5.92. The molecule has 2 nitrogen and oxygen atoms in total. The van der Waals surface area contributed by atoms with Crippen molar-refractivity contribution in [2.45, 2.75) is 47.0 Å². The molecule has 1 fully saturated rings. The van der Waals surface area contributed by atoms with Crippen LogP contribution in [0.2, 0.25) is 0 Å². The fourth-order valence-electron chi connectivity index (χ4n) is 2.90. The Morgan fingerprint density at radius 3 is 2.05 bits per heavy atom. The van der Waals surface area contributed by atoms with Crippen LogP contribution in [0.5, 0.6) is 0 Å². The maximum atomic E-state index is 11.1. The molecule has 0 aromatic heterocycles. The molecule has 19 heavy (non-hydrogen) atoms. The molecule has 102 valence electrons. The third-order valence-electron chi connectivity index (χ3n) is 4.48. The molecular weight excluding hydrogens is 236 g/mol. The molecule has 0 radical (unpaired) electrons. The third-order valence-corrected chi connectivity index (χ3v) is 4.48. The lowest BCUT2D eigenvalue weighted by molar-refractivity contribution is -0.131. The SMILES string of the molecule is Cc1cc(C)c(C)c(/C(=C/C(=O)O)C2CCC2)c1C. The summed E-state index contributed by atoms with van der Waals surface area (Å²) in [7, 11) is 0. The first kappa shape index (κ1) is 13.9. The van der Waals surface area contributed by atoms with E-state index < -0.39 is 5.97 Å². The van der Waals surface area contributed by atoms with Crippen LogP contribution < -0.4 is 0 Å². The average Bonchev–Trinajstić information content (AvgIpc) is 2.23. The Morgan fingerprint density at radius 1 is 1.16 bits per heavy atom. The van der Waals surface area contributed by atoms with E-state index in [0.29, 0.717) is 5.92 Å². The van der Waals surface area contributed by atoms with Crippen LogP contribution in [0.15, 0.2) is 12.1 Å². The van der Waals surface area contributed by atoms with Crippen molar-refractivity contribution in [2.75, 3.05) is 0 Å². The van der Waals surface area contributed by atoms with Gasteiger partial charge < -0.3 is 5.11 Å². The lowest BCUT2D eigenvalue weighted by atomic mass is 9.74. The van der Waals surface area contributed by atoms with E-state index in [1.54, 1.807) is 0 Å². The van der Waals surface area contributed by atoms with Gasteiger partial charge in [-0.2, -0.15) is 0 Å². The van der Waals surface area contributed by atoms with Gasteiger partial charge in [0.1, 0.15) is 0 Å². The number of aliphatic carboxylic acids is 1. The molecule has 0 bridgehead atoms. The standard InChI is InChI=1S/C17H22O2/c1-10-8-11(2)13(4)17(12(10)3)15(9-16(18)19)14-6-5-7-14/h8-9,14H,5-7H2,1-4H3,(H,18,19)/b15-9+. The molecule has 1 aromatic rings. The number of hydrogen-bond donors (Lipinski definition) is 1. The minimum absolute atomic E-state index is 0.426. The van der Waals surface area contributed by atoms with Crippen molar-refractivity contribution in [3.63, 3.8) is 0 Å². The number of carboxylic acid groups (broad SMARTS) is 1. The summed E-state index contributed by atoms with van der Waals surface area (Å²) in [4.78, 5) is 11.1. The predicted molar refractivity (Wildman–Crippen MR) is 78.3 cm³/mol. The molecule has 0 atom stereocenters. The van der Waals surface area contributed by atoms with E-state index in [1.807, 2.05) is 0 Å². The van der Waals surface area contributed by atoms with E-state index in [4.69, 9.17) is 5.11 Å². The molecule has 0 aliphatic heterocycles. The van der Waals surface area contributed by atoms with E-state index in [1.165, 1.54) is 40.3 Å². The molecular formula is C17H22O2.